The van der Waals surface area contributed by atoms with E-state index < -0.39 is 12.1 Å². The van der Waals surface area contributed by atoms with Crippen LogP contribution in [-0.4, -0.2) is 68.5 Å². The fraction of sp³-hybridized carbons (Fsp3) is 0.480. The number of aliphatic hydroxyl groups is 1. The van der Waals surface area contributed by atoms with Crippen LogP contribution in [0.4, 0.5) is 0 Å². The Morgan fingerprint density at radius 2 is 1.85 bits per heavy atom. The highest BCUT2D eigenvalue weighted by molar-refractivity contribution is 5.76. The molecule has 0 bridgehead atoms. The molecule has 0 aromatic heterocycles. The molecule has 0 saturated carbocycles. The fourth-order valence-corrected chi connectivity index (χ4v) is 4.18. The number of benzene rings is 2. The van der Waals surface area contributed by atoms with Gasteiger partial charge in [-0.3, -0.25) is 4.79 Å². The first-order chi connectivity index (χ1) is 16.1. The summed E-state index contributed by atoms with van der Waals surface area (Å²) in [7, 11) is 1.60. The summed E-state index contributed by atoms with van der Waals surface area (Å²) < 4.78 is 22.1. The maximum absolute atomic E-state index is 12.7. The molecule has 1 fully saturated rings. The van der Waals surface area contributed by atoms with Crippen LogP contribution in [0, 0.1) is 0 Å². The van der Waals surface area contributed by atoms with Gasteiger partial charge in [-0.1, -0.05) is 12.1 Å². The number of hydrogen-bond donors (Lipinski definition) is 2. The third-order valence-corrected chi connectivity index (χ3v) is 5.93. The predicted molar refractivity (Wildman–Crippen MR) is 123 cm³/mol. The second kappa shape index (κ2) is 11.2. The van der Waals surface area contributed by atoms with Gasteiger partial charge in [0.25, 0.3) is 0 Å². The minimum atomic E-state index is -0.871. The minimum absolute atomic E-state index is 0.168. The van der Waals surface area contributed by atoms with Gasteiger partial charge in [0, 0.05) is 12.6 Å². The number of nitrogens with one attached hydrogen (secondary N) is 1. The molecule has 2 heterocycles. The van der Waals surface area contributed by atoms with Gasteiger partial charge in [-0.05, 0) is 55.8 Å². The van der Waals surface area contributed by atoms with Gasteiger partial charge < -0.3 is 34.3 Å². The lowest BCUT2D eigenvalue weighted by atomic mass is 10.0. The molecule has 8 nitrogen and oxygen atoms in total. The predicted octanol–water partition coefficient (Wildman–Crippen LogP) is 2.55. The molecule has 2 aromatic rings. The lowest BCUT2D eigenvalue weighted by Crippen LogP contribution is -2.47. The number of amides is 1. The summed E-state index contributed by atoms with van der Waals surface area (Å²) in [6, 6.07) is 12.3. The normalized spacial score (nSPS) is 17.3. The van der Waals surface area contributed by atoms with Gasteiger partial charge in [0.2, 0.25) is 5.91 Å². The minimum Gasteiger partial charge on any atom is -0.497 e. The highest BCUT2D eigenvalue weighted by atomic mass is 16.6. The number of methoxy groups -OCH3 is 1. The number of hydrogen-bond acceptors (Lipinski definition) is 7. The zero-order chi connectivity index (χ0) is 23.0. The van der Waals surface area contributed by atoms with E-state index in [4.69, 9.17) is 18.9 Å². The smallest absolute Gasteiger partial charge is 0.223 e. The molecule has 8 heteroatoms. The van der Waals surface area contributed by atoms with Crippen LogP contribution in [-0.2, 0) is 4.79 Å². The molecule has 2 aliphatic heterocycles. The summed E-state index contributed by atoms with van der Waals surface area (Å²) in [4.78, 5) is 15.0. The van der Waals surface area contributed by atoms with E-state index in [1.807, 2.05) is 30.3 Å². The topological polar surface area (TPSA) is 89.5 Å². The van der Waals surface area contributed by atoms with Crippen LogP contribution in [0.2, 0.25) is 0 Å². The number of nitrogens with zero attached hydrogens (tertiary/aromatic N) is 1. The average molecular weight is 457 g/mol. The zero-order valence-electron chi connectivity index (χ0n) is 19.0. The quantitative estimate of drug-likeness (QED) is 0.568. The molecule has 4 rings (SSSR count). The summed E-state index contributed by atoms with van der Waals surface area (Å²) in [5.41, 5.74) is 0.691. The van der Waals surface area contributed by atoms with Gasteiger partial charge >= 0.3 is 0 Å². The molecule has 2 aromatic carbocycles. The lowest BCUT2D eigenvalue weighted by Gasteiger charge is -2.29. The number of aliphatic hydroxyl groups excluding tert-OH is 1. The molecule has 33 heavy (non-hydrogen) atoms. The molecule has 1 amide bonds. The number of rotatable bonds is 10. The van der Waals surface area contributed by atoms with Crippen LogP contribution >= 0.6 is 0 Å². The summed E-state index contributed by atoms with van der Waals surface area (Å²) in [6.07, 6.45) is 1.58. The van der Waals surface area contributed by atoms with Crippen LogP contribution in [0.1, 0.15) is 30.9 Å². The van der Waals surface area contributed by atoms with Crippen molar-refractivity contribution in [2.45, 2.75) is 31.4 Å². The Kier molecular flexibility index (Phi) is 7.91. The fourth-order valence-electron chi connectivity index (χ4n) is 4.18. The first-order valence-electron chi connectivity index (χ1n) is 11.5. The van der Waals surface area contributed by atoms with E-state index in [2.05, 4.69) is 10.2 Å². The van der Waals surface area contributed by atoms with Crippen molar-refractivity contribution >= 4 is 5.91 Å². The first kappa shape index (κ1) is 23.2. The van der Waals surface area contributed by atoms with Gasteiger partial charge in [0.05, 0.1) is 26.2 Å². The molecular formula is C25H32N2O6. The number of carbonyl (C=O) groups is 1. The summed E-state index contributed by atoms with van der Waals surface area (Å²) in [5, 5.41) is 14.2. The Balaban J connectivity index is 1.37. The van der Waals surface area contributed by atoms with Crippen LogP contribution in [0.5, 0.6) is 23.0 Å². The van der Waals surface area contributed by atoms with Crippen molar-refractivity contribution in [3.05, 3.63) is 48.0 Å². The van der Waals surface area contributed by atoms with Crippen LogP contribution in [0.3, 0.4) is 0 Å². The highest BCUT2D eigenvalue weighted by Crippen LogP contribution is 2.33. The Hall–Kier alpha value is -2.97. The molecule has 2 aliphatic rings. The van der Waals surface area contributed by atoms with E-state index in [1.165, 1.54) is 0 Å². The summed E-state index contributed by atoms with van der Waals surface area (Å²) >= 11 is 0. The molecule has 0 unspecified atom stereocenters. The van der Waals surface area contributed by atoms with Crippen molar-refractivity contribution in [2.24, 2.45) is 0 Å². The van der Waals surface area contributed by atoms with Crippen molar-refractivity contribution in [3.8, 4) is 23.0 Å². The number of ether oxygens (including phenoxy) is 4. The van der Waals surface area contributed by atoms with Crippen molar-refractivity contribution in [2.75, 3.05) is 46.6 Å². The van der Waals surface area contributed by atoms with Gasteiger partial charge in [0.1, 0.15) is 30.8 Å². The van der Waals surface area contributed by atoms with Gasteiger partial charge in [0.15, 0.2) is 11.5 Å². The Morgan fingerprint density at radius 3 is 2.64 bits per heavy atom. The molecule has 2 N–H and O–H groups in total. The molecule has 0 spiro atoms. The van der Waals surface area contributed by atoms with E-state index in [0.29, 0.717) is 48.3 Å². The standard InChI is InChI=1S/C25H32N2O6/c1-30-19-5-4-6-20(16-19)31-12-9-24(28)26-21(17-27-10-2-3-11-27)25(29)18-7-8-22-23(15-18)33-14-13-32-22/h4-8,15-16,21,25,29H,2-3,9-14,17H2,1H3,(H,26,28)/t21-,25-/m1/s1. The molecule has 1 saturated heterocycles. The molecule has 2 atom stereocenters. The number of fused-ring (bicyclic) bond motifs is 1. The van der Waals surface area contributed by atoms with Crippen LogP contribution in [0.25, 0.3) is 0 Å². The average Bonchev–Trinajstić information content (AvgIpc) is 3.36. The second-order valence-electron chi connectivity index (χ2n) is 8.31. The molecule has 178 valence electrons. The Bertz CT molecular complexity index is 931. The van der Waals surface area contributed by atoms with Crippen molar-refractivity contribution in [1.82, 2.24) is 10.2 Å². The van der Waals surface area contributed by atoms with Crippen molar-refractivity contribution < 1.29 is 28.8 Å². The van der Waals surface area contributed by atoms with E-state index in [9.17, 15) is 9.90 Å². The molecule has 0 radical (unpaired) electrons. The monoisotopic (exact) mass is 456 g/mol. The zero-order valence-corrected chi connectivity index (χ0v) is 19.0. The number of carbonyl (C=O) groups excluding carboxylic acids is 1. The van der Waals surface area contributed by atoms with Gasteiger partial charge in [-0.2, -0.15) is 0 Å². The maximum Gasteiger partial charge on any atom is 0.223 e. The maximum atomic E-state index is 12.7. The van der Waals surface area contributed by atoms with Crippen molar-refractivity contribution in [3.63, 3.8) is 0 Å². The highest BCUT2D eigenvalue weighted by Gasteiger charge is 2.27. The Labute approximate surface area is 194 Å². The van der Waals surface area contributed by atoms with Crippen LogP contribution in [0.15, 0.2) is 42.5 Å². The van der Waals surface area contributed by atoms with Crippen LogP contribution < -0.4 is 24.3 Å². The third kappa shape index (κ3) is 6.30. The van der Waals surface area contributed by atoms with E-state index in [-0.39, 0.29) is 18.9 Å². The molecule has 0 aliphatic carbocycles. The third-order valence-electron chi connectivity index (χ3n) is 5.93. The first-order valence-corrected chi connectivity index (χ1v) is 11.5. The summed E-state index contributed by atoms with van der Waals surface area (Å²) in [6.45, 7) is 3.75. The molecular weight excluding hydrogens is 424 g/mol. The largest absolute Gasteiger partial charge is 0.497 e. The van der Waals surface area contributed by atoms with E-state index in [0.717, 1.165) is 25.9 Å². The van der Waals surface area contributed by atoms with E-state index in [1.54, 1.807) is 19.2 Å². The Morgan fingerprint density at radius 1 is 1.09 bits per heavy atom. The SMILES string of the molecule is COc1cccc(OCCC(=O)N[C@H](CN2CCCC2)[C@H](O)c2ccc3c(c2)OCCO3)c1. The van der Waals surface area contributed by atoms with Crippen molar-refractivity contribution in [1.29, 1.82) is 0 Å². The summed E-state index contributed by atoms with van der Waals surface area (Å²) in [5.74, 6) is 2.47. The van der Waals surface area contributed by atoms with E-state index >= 15 is 0 Å². The lowest BCUT2D eigenvalue weighted by molar-refractivity contribution is -0.123. The number of likely N-dealkylation sites (tertiary alicyclic amines) is 1. The van der Waals surface area contributed by atoms with Gasteiger partial charge in [-0.15, -0.1) is 0 Å². The second-order valence-corrected chi connectivity index (χ2v) is 8.31. The van der Waals surface area contributed by atoms with Gasteiger partial charge in [-0.25, -0.2) is 0 Å².